The van der Waals surface area contributed by atoms with E-state index in [1.165, 1.54) is 24.2 Å². The summed E-state index contributed by atoms with van der Waals surface area (Å²) >= 11 is 0. The third kappa shape index (κ3) is 0.828. The highest BCUT2D eigenvalue weighted by molar-refractivity contribution is 5.77. The fourth-order valence-corrected chi connectivity index (χ4v) is 4.65. The van der Waals surface area contributed by atoms with Crippen LogP contribution in [-0.4, -0.2) is 48.5 Å². The molecule has 2 amide bonds. The Kier molecular flexibility index (Phi) is 1.51. The summed E-state index contributed by atoms with van der Waals surface area (Å²) in [6.45, 7) is 0. The summed E-state index contributed by atoms with van der Waals surface area (Å²) in [6, 6.07) is 0.336. The van der Waals surface area contributed by atoms with Crippen molar-refractivity contribution < 1.29 is 19.1 Å². The first kappa shape index (κ1) is 9.56. The van der Waals surface area contributed by atoms with E-state index in [0.29, 0.717) is 17.8 Å². The molecule has 0 aromatic rings. The summed E-state index contributed by atoms with van der Waals surface area (Å²) in [5.41, 5.74) is 0. The normalized spacial score (nSPS) is 47.4. The molecule has 4 aliphatic carbocycles. The Morgan fingerprint density at radius 1 is 0.941 bits per heavy atom. The predicted octanol–water partition coefficient (Wildman–Crippen LogP) is 0.685. The quantitative estimate of drug-likeness (QED) is 0.623. The van der Waals surface area contributed by atoms with Gasteiger partial charge in [0.1, 0.15) is 0 Å². The lowest BCUT2D eigenvalue weighted by molar-refractivity contribution is -0.0331. The molecule has 5 aliphatic rings. The zero-order valence-electron chi connectivity index (χ0n) is 9.70. The van der Waals surface area contributed by atoms with Crippen LogP contribution in [0.2, 0.25) is 0 Å². The fourth-order valence-electron chi connectivity index (χ4n) is 4.65. The molecule has 0 radical (unpaired) electrons. The molecule has 6 nitrogen and oxygen atoms in total. The smallest absolute Gasteiger partial charge is 0.428 e. The van der Waals surface area contributed by atoms with Crippen molar-refractivity contribution in [3.63, 3.8) is 0 Å². The third-order valence-corrected chi connectivity index (χ3v) is 5.02. The molecule has 6 atom stereocenters. The standard InChI is InChI=1S/C11H14N2O4/c1-16-10(14)12-8-5-3-4-6(8)7(4)9(5)13(12)11(15)17-2/h4-9H,3H2,1-2H3/t4?,5?,6-,7+,8-,9-/m1/s1. The lowest BCUT2D eigenvalue weighted by atomic mass is 10.1. The average molecular weight is 238 g/mol. The van der Waals surface area contributed by atoms with Crippen LogP contribution in [0.25, 0.3) is 0 Å². The Morgan fingerprint density at radius 3 is 1.76 bits per heavy atom. The maximum Gasteiger partial charge on any atom is 0.428 e. The number of carbonyl (C=O) groups excluding carboxylic acids is 2. The van der Waals surface area contributed by atoms with Gasteiger partial charge in [0.05, 0.1) is 26.3 Å². The number of carbonyl (C=O) groups is 2. The molecule has 0 aromatic carbocycles. The molecule has 6 heteroatoms. The van der Waals surface area contributed by atoms with Crippen LogP contribution in [0.3, 0.4) is 0 Å². The lowest BCUT2D eigenvalue weighted by Gasteiger charge is -2.35. The Hall–Kier alpha value is -1.46. The summed E-state index contributed by atoms with van der Waals surface area (Å²) < 4.78 is 9.57. The van der Waals surface area contributed by atoms with E-state index in [4.69, 9.17) is 9.47 Å². The van der Waals surface area contributed by atoms with Crippen LogP contribution >= 0.6 is 0 Å². The number of ether oxygens (including phenoxy) is 2. The van der Waals surface area contributed by atoms with Gasteiger partial charge in [0.15, 0.2) is 0 Å². The first-order chi connectivity index (χ1) is 8.20. The highest BCUT2D eigenvalue weighted by Crippen LogP contribution is 2.76. The van der Waals surface area contributed by atoms with Crippen LogP contribution < -0.4 is 0 Å². The maximum atomic E-state index is 11.8. The molecular weight excluding hydrogens is 224 g/mol. The number of hydrazine groups is 1. The molecule has 5 fully saturated rings. The van der Waals surface area contributed by atoms with Gasteiger partial charge >= 0.3 is 12.2 Å². The number of hydrogen-bond acceptors (Lipinski definition) is 4. The molecule has 0 spiro atoms. The Labute approximate surface area is 98.4 Å². The topological polar surface area (TPSA) is 59.1 Å². The average Bonchev–Trinajstić information content (AvgIpc) is 2.75. The summed E-state index contributed by atoms with van der Waals surface area (Å²) in [7, 11) is 2.69. The molecule has 17 heavy (non-hydrogen) atoms. The van der Waals surface area contributed by atoms with Crippen LogP contribution in [0.4, 0.5) is 9.59 Å². The second-order valence-electron chi connectivity index (χ2n) is 5.33. The van der Waals surface area contributed by atoms with Crippen molar-refractivity contribution in [2.75, 3.05) is 14.2 Å². The van der Waals surface area contributed by atoms with Gasteiger partial charge in [-0.05, 0) is 24.2 Å². The van der Waals surface area contributed by atoms with Gasteiger partial charge in [0.25, 0.3) is 0 Å². The van der Waals surface area contributed by atoms with Gasteiger partial charge in [-0.1, -0.05) is 0 Å². The van der Waals surface area contributed by atoms with Gasteiger partial charge in [-0.15, -0.1) is 0 Å². The molecule has 4 saturated carbocycles. The Bertz CT molecular complexity index is 390. The number of methoxy groups -OCH3 is 2. The van der Waals surface area contributed by atoms with Gasteiger partial charge in [0, 0.05) is 5.92 Å². The molecule has 2 unspecified atom stereocenters. The molecule has 0 aromatic heterocycles. The van der Waals surface area contributed by atoms with E-state index in [1.54, 1.807) is 0 Å². The maximum absolute atomic E-state index is 11.8. The largest absolute Gasteiger partial charge is 0.452 e. The molecule has 1 aliphatic heterocycles. The van der Waals surface area contributed by atoms with E-state index >= 15 is 0 Å². The summed E-state index contributed by atoms with van der Waals surface area (Å²) in [6.07, 6.45) is 0.254. The number of amides is 2. The van der Waals surface area contributed by atoms with Gasteiger partial charge in [-0.3, -0.25) is 0 Å². The zero-order valence-corrected chi connectivity index (χ0v) is 9.70. The first-order valence-corrected chi connectivity index (χ1v) is 5.95. The van der Waals surface area contributed by atoms with Crippen molar-refractivity contribution in [2.24, 2.45) is 23.7 Å². The van der Waals surface area contributed by atoms with E-state index in [2.05, 4.69) is 0 Å². The van der Waals surface area contributed by atoms with Crippen molar-refractivity contribution in [3.05, 3.63) is 0 Å². The van der Waals surface area contributed by atoms with Crippen LogP contribution in [0.15, 0.2) is 0 Å². The third-order valence-electron chi connectivity index (χ3n) is 5.02. The Morgan fingerprint density at radius 2 is 1.41 bits per heavy atom. The second-order valence-corrected chi connectivity index (χ2v) is 5.33. The summed E-state index contributed by atoms with van der Waals surface area (Å²) in [5, 5.41) is 2.99. The van der Waals surface area contributed by atoms with Crippen LogP contribution in [0, 0.1) is 23.7 Å². The van der Waals surface area contributed by atoms with E-state index in [0.717, 1.165) is 12.3 Å². The van der Waals surface area contributed by atoms with Gasteiger partial charge in [-0.25, -0.2) is 19.6 Å². The molecule has 6 bridgehead atoms. The van der Waals surface area contributed by atoms with Gasteiger partial charge < -0.3 is 9.47 Å². The highest BCUT2D eigenvalue weighted by Gasteiger charge is 2.82. The van der Waals surface area contributed by atoms with Crippen molar-refractivity contribution in [2.45, 2.75) is 18.5 Å². The van der Waals surface area contributed by atoms with Gasteiger partial charge in [0.2, 0.25) is 0 Å². The van der Waals surface area contributed by atoms with Crippen molar-refractivity contribution in [1.82, 2.24) is 10.0 Å². The number of rotatable bonds is 0. The van der Waals surface area contributed by atoms with Crippen molar-refractivity contribution in [3.8, 4) is 0 Å². The minimum absolute atomic E-state index is 0.168. The zero-order chi connectivity index (χ0) is 11.9. The number of hydrogen-bond donors (Lipinski definition) is 0. The Balaban J connectivity index is 1.73. The molecule has 1 heterocycles. The lowest BCUT2D eigenvalue weighted by Crippen LogP contribution is -2.54. The van der Waals surface area contributed by atoms with E-state index < -0.39 is 12.2 Å². The fraction of sp³-hybridized carbons (Fsp3) is 0.818. The van der Waals surface area contributed by atoms with E-state index in [-0.39, 0.29) is 12.1 Å². The first-order valence-electron chi connectivity index (χ1n) is 5.95. The second kappa shape index (κ2) is 2.68. The van der Waals surface area contributed by atoms with Crippen LogP contribution in [-0.2, 0) is 9.47 Å². The van der Waals surface area contributed by atoms with Crippen LogP contribution in [0.1, 0.15) is 6.42 Å². The van der Waals surface area contributed by atoms with Crippen molar-refractivity contribution >= 4 is 12.2 Å². The molecule has 5 rings (SSSR count). The monoisotopic (exact) mass is 238 g/mol. The van der Waals surface area contributed by atoms with Crippen LogP contribution in [0.5, 0.6) is 0 Å². The minimum atomic E-state index is -0.445. The van der Waals surface area contributed by atoms with E-state index in [1.807, 2.05) is 0 Å². The van der Waals surface area contributed by atoms with Gasteiger partial charge in [-0.2, -0.15) is 0 Å². The number of nitrogens with zero attached hydrogens (tertiary/aromatic N) is 2. The van der Waals surface area contributed by atoms with Crippen molar-refractivity contribution in [1.29, 1.82) is 0 Å². The highest BCUT2D eigenvalue weighted by atomic mass is 16.6. The molecule has 92 valence electrons. The van der Waals surface area contributed by atoms with E-state index in [9.17, 15) is 9.59 Å². The molecule has 1 saturated heterocycles. The predicted molar refractivity (Wildman–Crippen MR) is 54.6 cm³/mol. The molecular formula is C11H14N2O4. The SMILES string of the molecule is COC(=O)N1[C@@H]2C3CC4[C@@H]2[C@H]4[C@@H]3N1C(=O)OC. The molecule has 0 N–H and O–H groups in total. The summed E-state index contributed by atoms with van der Waals surface area (Å²) in [4.78, 5) is 23.6. The summed E-state index contributed by atoms with van der Waals surface area (Å²) in [5.74, 6) is 2.36. The minimum Gasteiger partial charge on any atom is -0.452 e.